The number of hydrogen-bond donors (Lipinski definition) is 3. The molecule has 0 unspecified atom stereocenters. The van der Waals surface area contributed by atoms with Crippen LogP contribution in [0.2, 0.25) is 0 Å². The number of amides is 2. The molecule has 0 aromatic heterocycles. The van der Waals surface area contributed by atoms with Crippen molar-refractivity contribution < 1.29 is 31.5 Å². The Kier molecular flexibility index (Phi) is 48.6. The summed E-state index contributed by atoms with van der Waals surface area (Å²) in [5, 5.41) is 8.21. The van der Waals surface area contributed by atoms with Crippen molar-refractivity contribution >= 4 is 22.2 Å². The molecule has 0 radical (unpaired) electrons. The van der Waals surface area contributed by atoms with E-state index in [1.807, 2.05) is 0 Å². The van der Waals surface area contributed by atoms with Gasteiger partial charge in [-0.25, -0.2) is 8.37 Å². The van der Waals surface area contributed by atoms with Crippen molar-refractivity contribution in [1.29, 1.82) is 0 Å². The number of nitrogens with two attached hydrogens (primary N) is 2. The van der Waals surface area contributed by atoms with Gasteiger partial charge in [-0.05, 0) is 70.6 Å². The van der Waals surface area contributed by atoms with Gasteiger partial charge in [-0.1, -0.05) is 148 Å². The molecule has 5 N–H and O–H groups in total. The molecule has 51 heavy (non-hydrogen) atoms. The molecule has 0 heterocycles. The minimum atomic E-state index is -3.87. The Balaban J connectivity index is -0.000000708. The average Bonchev–Trinajstić information content (AvgIpc) is 3.10. The van der Waals surface area contributed by atoms with Gasteiger partial charge in [0.2, 0.25) is 11.8 Å². The standard InChI is InChI=1S/2C18H35NO.C5H12O5S/c2*1-2-3-4-5-6-7-8-9-10-11-12-13-14-15-16-17-18(19)20;1-2-4-9-11(7,8)10-5-3-6/h2*9-10H,2-8,11-17H2,1H3,(H2,19,20);6H,2-5H2,1H3/b2*10-9-;. The summed E-state index contributed by atoms with van der Waals surface area (Å²) < 4.78 is 29.7. The van der Waals surface area contributed by atoms with Gasteiger partial charge in [-0.2, -0.15) is 8.42 Å². The number of carbonyl (C=O) groups is 2. The number of hydrogen-bond acceptors (Lipinski definition) is 7. The molecule has 2 amide bonds. The summed E-state index contributed by atoms with van der Waals surface area (Å²) in [5.74, 6) is -0.328. The van der Waals surface area contributed by atoms with Gasteiger partial charge in [-0.15, -0.1) is 0 Å². The number of aliphatic hydroxyl groups excluding tert-OH is 1. The molecule has 0 rings (SSSR count). The monoisotopic (exact) mass is 747 g/mol. The van der Waals surface area contributed by atoms with Gasteiger partial charge < -0.3 is 16.6 Å². The maximum Gasteiger partial charge on any atom is 0.399 e. The van der Waals surface area contributed by atoms with Crippen LogP contribution in [-0.4, -0.2) is 45.2 Å². The first-order valence-electron chi connectivity index (χ1n) is 20.7. The third-order valence-corrected chi connectivity index (χ3v) is 9.03. The van der Waals surface area contributed by atoms with Crippen LogP contribution in [-0.2, 0) is 28.4 Å². The topological polar surface area (TPSA) is 159 Å². The van der Waals surface area contributed by atoms with E-state index >= 15 is 0 Å². The molecule has 10 heteroatoms. The number of allylic oxidation sites excluding steroid dienone is 4. The molecule has 0 spiro atoms. The molecule has 0 atom stereocenters. The van der Waals surface area contributed by atoms with Gasteiger partial charge >= 0.3 is 10.4 Å². The van der Waals surface area contributed by atoms with Crippen LogP contribution in [0.5, 0.6) is 0 Å². The molecule has 0 saturated heterocycles. The first-order valence-corrected chi connectivity index (χ1v) is 22.0. The zero-order chi connectivity index (χ0) is 38.5. The molecule has 0 fully saturated rings. The van der Waals surface area contributed by atoms with Crippen LogP contribution in [0.4, 0.5) is 0 Å². The first-order chi connectivity index (χ1) is 24.7. The maximum atomic E-state index is 10.6. The number of primary amides is 2. The highest BCUT2D eigenvalue weighted by Crippen LogP contribution is 2.11. The molecule has 0 aromatic carbocycles. The second-order valence-electron chi connectivity index (χ2n) is 13.4. The maximum absolute atomic E-state index is 10.6. The lowest BCUT2D eigenvalue weighted by atomic mass is 10.1. The Labute approximate surface area is 315 Å². The molecule has 0 aliphatic rings. The Morgan fingerprint density at radius 1 is 0.471 bits per heavy atom. The minimum absolute atomic E-state index is 0.105. The summed E-state index contributed by atoms with van der Waals surface area (Å²) in [6, 6.07) is 0. The van der Waals surface area contributed by atoms with Gasteiger partial charge in [0, 0.05) is 12.8 Å². The molecular weight excluding hydrogens is 665 g/mol. The molecule has 0 bridgehead atoms. The molecular formula is C41H82N2O7S. The van der Waals surface area contributed by atoms with E-state index in [4.69, 9.17) is 16.6 Å². The summed E-state index contributed by atoms with van der Waals surface area (Å²) in [4.78, 5) is 21.1. The van der Waals surface area contributed by atoms with Crippen molar-refractivity contribution in [2.24, 2.45) is 11.5 Å². The van der Waals surface area contributed by atoms with Crippen LogP contribution in [0.25, 0.3) is 0 Å². The highest BCUT2D eigenvalue weighted by molar-refractivity contribution is 7.81. The summed E-state index contributed by atoms with van der Waals surface area (Å²) in [6.07, 6.45) is 44.4. The zero-order valence-electron chi connectivity index (χ0n) is 33.4. The SMILES string of the molecule is CCCCCCCC/C=C\CCCCCCCC(N)=O.CCCCCCCC/C=C\CCCCCCCC(N)=O.CCCOS(=O)(=O)OCCO. The van der Waals surface area contributed by atoms with Crippen molar-refractivity contribution in [2.75, 3.05) is 19.8 Å². The Morgan fingerprint density at radius 2 is 0.765 bits per heavy atom. The summed E-state index contributed by atoms with van der Waals surface area (Å²) in [5.41, 5.74) is 10.2. The average molecular weight is 747 g/mol. The van der Waals surface area contributed by atoms with E-state index in [-0.39, 0.29) is 31.6 Å². The van der Waals surface area contributed by atoms with Gasteiger partial charge in [0.05, 0.1) is 19.8 Å². The summed E-state index contributed by atoms with van der Waals surface area (Å²) in [6.45, 7) is 5.82. The molecule has 0 saturated carbocycles. The second-order valence-corrected chi connectivity index (χ2v) is 14.7. The van der Waals surface area contributed by atoms with Crippen LogP contribution in [0.3, 0.4) is 0 Å². The smallest absolute Gasteiger partial charge is 0.394 e. The van der Waals surface area contributed by atoms with Gasteiger partial charge in [0.1, 0.15) is 0 Å². The number of carbonyl (C=O) groups excluding carboxylic acids is 2. The Hall–Kier alpha value is -1.75. The van der Waals surface area contributed by atoms with E-state index < -0.39 is 10.4 Å². The highest BCUT2D eigenvalue weighted by Gasteiger charge is 2.09. The van der Waals surface area contributed by atoms with Crippen LogP contribution in [0.15, 0.2) is 24.3 Å². The normalized spacial score (nSPS) is 11.4. The van der Waals surface area contributed by atoms with Crippen LogP contribution in [0, 0.1) is 0 Å². The predicted octanol–water partition coefficient (Wildman–Crippen LogP) is 10.7. The third-order valence-electron chi connectivity index (χ3n) is 8.12. The van der Waals surface area contributed by atoms with Crippen molar-refractivity contribution in [2.45, 2.75) is 207 Å². The van der Waals surface area contributed by atoms with Crippen LogP contribution < -0.4 is 11.5 Å². The van der Waals surface area contributed by atoms with Gasteiger partial charge in [0.15, 0.2) is 0 Å². The first kappa shape index (κ1) is 53.6. The fourth-order valence-corrected chi connectivity index (χ4v) is 5.82. The largest absolute Gasteiger partial charge is 0.399 e. The summed E-state index contributed by atoms with van der Waals surface area (Å²) >= 11 is 0. The van der Waals surface area contributed by atoms with Crippen molar-refractivity contribution in [3.8, 4) is 0 Å². The quantitative estimate of drug-likeness (QED) is 0.0425. The van der Waals surface area contributed by atoms with Crippen molar-refractivity contribution in [3.05, 3.63) is 24.3 Å². The summed E-state index contributed by atoms with van der Waals surface area (Å²) in [7, 11) is -3.87. The third kappa shape index (κ3) is 57.8. The number of unbranched alkanes of at least 4 members (excludes halogenated alkanes) is 22. The Bertz CT molecular complexity index is 815. The fraction of sp³-hybridized carbons (Fsp3) is 0.854. The number of aliphatic hydroxyl groups is 1. The highest BCUT2D eigenvalue weighted by atomic mass is 32.3. The van der Waals surface area contributed by atoms with E-state index in [2.05, 4.69) is 46.5 Å². The second kappa shape index (κ2) is 46.3. The fourth-order valence-electron chi connectivity index (χ4n) is 5.10. The van der Waals surface area contributed by atoms with E-state index in [9.17, 15) is 18.0 Å². The lowest BCUT2D eigenvalue weighted by Crippen LogP contribution is -2.13. The van der Waals surface area contributed by atoms with E-state index in [0.717, 1.165) is 25.7 Å². The molecule has 9 nitrogen and oxygen atoms in total. The van der Waals surface area contributed by atoms with E-state index in [1.54, 1.807) is 6.92 Å². The lowest BCUT2D eigenvalue weighted by molar-refractivity contribution is -0.119. The zero-order valence-corrected chi connectivity index (χ0v) is 34.2. The number of rotatable bonds is 36. The predicted molar refractivity (Wildman–Crippen MR) is 215 cm³/mol. The van der Waals surface area contributed by atoms with Crippen molar-refractivity contribution in [1.82, 2.24) is 0 Å². The van der Waals surface area contributed by atoms with Crippen molar-refractivity contribution in [3.63, 3.8) is 0 Å². The Morgan fingerprint density at radius 3 is 1.06 bits per heavy atom. The minimum Gasteiger partial charge on any atom is -0.394 e. The molecule has 0 aromatic rings. The van der Waals surface area contributed by atoms with E-state index in [1.165, 1.54) is 141 Å². The van der Waals surface area contributed by atoms with Crippen LogP contribution in [0.1, 0.15) is 207 Å². The molecule has 0 aliphatic carbocycles. The van der Waals surface area contributed by atoms with Gasteiger partial charge in [0.25, 0.3) is 0 Å². The lowest BCUT2D eigenvalue weighted by Gasteiger charge is -2.02. The molecule has 0 aliphatic heterocycles. The molecule has 304 valence electrons. The van der Waals surface area contributed by atoms with E-state index in [0.29, 0.717) is 19.3 Å². The van der Waals surface area contributed by atoms with Crippen LogP contribution >= 0.6 is 0 Å². The van der Waals surface area contributed by atoms with Gasteiger partial charge in [-0.3, -0.25) is 9.59 Å².